The van der Waals surface area contributed by atoms with Crippen molar-refractivity contribution in [2.75, 3.05) is 19.5 Å². The molecule has 0 atom stereocenters. The predicted molar refractivity (Wildman–Crippen MR) is 62.5 cm³/mol. The second kappa shape index (κ2) is 5.66. The number of hydrogen-bond acceptors (Lipinski definition) is 4. The molecule has 0 amide bonds. The van der Waals surface area contributed by atoms with Crippen LogP contribution < -0.4 is 14.8 Å². The van der Waals surface area contributed by atoms with Crippen LogP contribution in [0.4, 0.5) is 5.69 Å². The van der Waals surface area contributed by atoms with Crippen molar-refractivity contribution in [1.82, 2.24) is 0 Å². The third-order valence-electron chi connectivity index (χ3n) is 1.98. The molecule has 0 saturated heterocycles. The van der Waals surface area contributed by atoms with E-state index in [9.17, 15) is 0 Å². The van der Waals surface area contributed by atoms with Crippen LogP contribution in [0.3, 0.4) is 0 Å². The zero-order chi connectivity index (χ0) is 12.0. The van der Waals surface area contributed by atoms with Gasteiger partial charge in [-0.3, -0.25) is 0 Å². The molecular weight excluding hydrogens is 204 g/mol. The van der Waals surface area contributed by atoms with Crippen molar-refractivity contribution in [3.05, 3.63) is 30.0 Å². The second-order valence-electron chi connectivity index (χ2n) is 3.18. The van der Waals surface area contributed by atoms with Crippen LogP contribution in [-0.2, 0) is 0 Å². The maximum absolute atomic E-state index is 8.61. The van der Waals surface area contributed by atoms with E-state index >= 15 is 0 Å². The molecule has 1 aromatic carbocycles. The van der Waals surface area contributed by atoms with Crippen molar-refractivity contribution in [3.8, 4) is 17.6 Å². The van der Waals surface area contributed by atoms with E-state index in [4.69, 9.17) is 14.7 Å². The topological polar surface area (TPSA) is 54.3 Å². The van der Waals surface area contributed by atoms with Gasteiger partial charge in [-0.1, -0.05) is 0 Å². The van der Waals surface area contributed by atoms with Gasteiger partial charge in [0.15, 0.2) is 0 Å². The minimum Gasteiger partial charge on any atom is -0.497 e. The Kier molecular flexibility index (Phi) is 4.22. The SMILES string of the molecule is COc1cc(N/C=C(\C)C#N)cc(OC)c1. The summed E-state index contributed by atoms with van der Waals surface area (Å²) in [7, 11) is 3.18. The fraction of sp³-hybridized carbons (Fsp3) is 0.250. The molecule has 0 spiro atoms. The van der Waals surface area contributed by atoms with Gasteiger partial charge in [0, 0.05) is 35.7 Å². The molecule has 0 aromatic heterocycles. The van der Waals surface area contributed by atoms with Gasteiger partial charge in [0.25, 0.3) is 0 Å². The Morgan fingerprint density at radius 3 is 2.25 bits per heavy atom. The highest BCUT2D eigenvalue weighted by atomic mass is 16.5. The van der Waals surface area contributed by atoms with Crippen LogP contribution in [0.1, 0.15) is 6.92 Å². The molecule has 0 unspecified atom stereocenters. The van der Waals surface area contributed by atoms with Crippen molar-refractivity contribution in [2.24, 2.45) is 0 Å². The molecule has 4 heteroatoms. The van der Waals surface area contributed by atoms with E-state index in [2.05, 4.69) is 5.32 Å². The molecule has 0 bridgehead atoms. The first-order chi connectivity index (χ1) is 7.69. The number of nitriles is 1. The number of nitrogens with zero attached hydrogens (tertiary/aromatic N) is 1. The molecule has 1 aromatic rings. The Hall–Kier alpha value is -2.15. The predicted octanol–water partition coefficient (Wildman–Crippen LogP) is 2.54. The van der Waals surface area contributed by atoms with Gasteiger partial charge in [-0.25, -0.2) is 0 Å². The highest BCUT2D eigenvalue weighted by Crippen LogP contribution is 2.25. The van der Waals surface area contributed by atoms with Gasteiger partial charge >= 0.3 is 0 Å². The lowest BCUT2D eigenvalue weighted by Crippen LogP contribution is -1.93. The van der Waals surface area contributed by atoms with Crippen LogP contribution in [0.5, 0.6) is 11.5 Å². The number of allylic oxidation sites excluding steroid dienone is 1. The number of methoxy groups -OCH3 is 2. The van der Waals surface area contributed by atoms with Gasteiger partial charge in [-0.15, -0.1) is 0 Å². The average Bonchev–Trinajstić information content (AvgIpc) is 2.35. The molecule has 0 radical (unpaired) electrons. The Bertz CT molecular complexity index is 411. The van der Waals surface area contributed by atoms with Crippen LogP contribution in [0, 0.1) is 11.3 Å². The summed E-state index contributed by atoms with van der Waals surface area (Å²) in [4.78, 5) is 0. The average molecular weight is 218 g/mol. The molecule has 0 aliphatic carbocycles. The first-order valence-corrected chi connectivity index (χ1v) is 4.76. The minimum atomic E-state index is 0.599. The summed E-state index contributed by atoms with van der Waals surface area (Å²) >= 11 is 0. The van der Waals surface area contributed by atoms with Crippen LogP contribution in [0.15, 0.2) is 30.0 Å². The monoisotopic (exact) mass is 218 g/mol. The zero-order valence-corrected chi connectivity index (χ0v) is 9.57. The van der Waals surface area contributed by atoms with Gasteiger partial charge in [-0.2, -0.15) is 5.26 Å². The van der Waals surface area contributed by atoms with Crippen LogP contribution >= 0.6 is 0 Å². The van der Waals surface area contributed by atoms with E-state index in [-0.39, 0.29) is 0 Å². The van der Waals surface area contributed by atoms with Gasteiger partial charge in [0.1, 0.15) is 11.5 Å². The van der Waals surface area contributed by atoms with Crippen molar-refractivity contribution in [3.63, 3.8) is 0 Å². The Labute approximate surface area is 95.1 Å². The fourth-order valence-corrected chi connectivity index (χ4v) is 1.11. The smallest absolute Gasteiger partial charge is 0.124 e. The largest absolute Gasteiger partial charge is 0.497 e. The molecular formula is C12H14N2O2. The lowest BCUT2D eigenvalue weighted by atomic mass is 10.2. The maximum atomic E-state index is 8.61. The third-order valence-corrected chi connectivity index (χ3v) is 1.98. The van der Waals surface area contributed by atoms with E-state index in [1.54, 1.807) is 33.4 Å². The molecule has 84 valence electrons. The standard InChI is InChI=1S/C12H14N2O2/c1-9(7-13)8-14-10-4-11(15-2)6-12(5-10)16-3/h4-6,8,14H,1-3H3/b9-8+. The van der Waals surface area contributed by atoms with E-state index in [0.29, 0.717) is 17.1 Å². The Morgan fingerprint density at radius 2 is 1.81 bits per heavy atom. The normalized spacial score (nSPS) is 10.5. The molecule has 0 aliphatic heterocycles. The van der Waals surface area contributed by atoms with Crippen molar-refractivity contribution < 1.29 is 9.47 Å². The molecule has 16 heavy (non-hydrogen) atoms. The first-order valence-electron chi connectivity index (χ1n) is 4.76. The van der Waals surface area contributed by atoms with Crippen LogP contribution in [0.2, 0.25) is 0 Å². The van der Waals surface area contributed by atoms with Gasteiger partial charge in [0.05, 0.1) is 20.3 Å². The highest BCUT2D eigenvalue weighted by molar-refractivity contribution is 5.55. The molecule has 0 heterocycles. The molecule has 1 rings (SSSR count). The van der Waals surface area contributed by atoms with Crippen LogP contribution in [-0.4, -0.2) is 14.2 Å². The zero-order valence-electron chi connectivity index (χ0n) is 9.57. The number of ether oxygens (including phenoxy) is 2. The lowest BCUT2D eigenvalue weighted by molar-refractivity contribution is 0.395. The molecule has 0 fully saturated rings. The summed E-state index contributed by atoms with van der Waals surface area (Å²) in [5.74, 6) is 1.40. The van der Waals surface area contributed by atoms with Gasteiger partial charge < -0.3 is 14.8 Å². The number of anilines is 1. The highest BCUT2D eigenvalue weighted by Gasteiger charge is 2.00. The van der Waals surface area contributed by atoms with Crippen molar-refractivity contribution in [1.29, 1.82) is 5.26 Å². The summed E-state index contributed by atoms with van der Waals surface area (Å²) in [6.07, 6.45) is 1.63. The van der Waals surface area contributed by atoms with Crippen LogP contribution in [0.25, 0.3) is 0 Å². The van der Waals surface area contributed by atoms with E-state index in [1.165, 1.54) is 0 Å². The Morgan fingerprint density at radius 1 is 1.25 bits per heavy atom. The lowest BCUT2D eigenvalue weighted by Gasteiger charge is -2.08. The first kappa shape index (κ1) is 11.9. The summed E-state index contributed by atoms with van der Waals surface area (Å²) < 4.78 is 10.2. The Balaban J connectivity index is 2.92. The van der Waals surface area contributed by atoms with E-state index in [0.717, 1.165) is 5.69 Å². The number of nitrogens with one attached hydrogen (secondary N) is 1. The third kappa shape index (κ3) is 3.21. The molecule has 4 nitrogen and oxygen atoms in total. The maximum Gasteiger partial charge on any atom is 0.124 e. The van der Waals surface area contributed by atoms with Crippen molar-refractivity contribution in [2.45, 2.75) is 6.92 Å². The quantitative estimate of drug-likeness (QED) is 0.789. The van der Waals surface area contributed by atoms with Crippen molar-refractivity contribution >= 4 is 5.69 Å². The second-order valence-corrected chi connectivity index (χ2v) is 3.18. The summed E-state index contributed by atoms with van der Waals surface area (Å²) in [5, 5.41) is 11.6. The molecule has 0 aliphatic rings. The van der Waals surface area contributed by atoms with Gasteiger partial charge in [0.2, 0.25) is 0 Å². The summed E-state index contributed by atoms with van der Waals surface area (Å²) in [6, 6.07) is 7.46. The summed E-state index contributed by atoms with van der Waals surface area (Å²) in [6.45, 7) is 1.73. The summed E-state index contributed by atoms with van der Waals surface area (Å²) in [5.41, 5.74) is 1.41. The van der Waals surface area contributed by atoms with E-state index < -0.39 is 0 Å². The molecule has 0 saturated carbocycles. The number of hydrogen-bond donors (Lipinski definition) is 1. The minimum absolute atomic E-state index is 0.599. The van der Waals surface area contributed by atoms with Gasteiger partial charge in [-0.05, 0) is 6.92 Å². The van der Waals surface area contributed by atoms with E-state index in [1.807, 2.05) is 18.2 Å². The molecule has 1 N–H and O–H groups in total. The number of benzene rings is 1. The fourth-order valence-electron chi connectivity index (χ4n) is 1.11. The number of rotatable bonds is 4.